The Labute approximate surface area is 120 Å². The minimum atomic E-state index is -0.0727. The third-order valence-electron chi connectivity index (χ3n) is 4.99. The molecule has 20 heavy (non-hydrogen) atoms. The van der Waals surface area contributed by atoms with Crippen LogP contribution in [0.3, 0.4) is 0 Å². The van der Waals surface area contributed by atoms with Crippen molar-refractivity contribution in [3.63, 3.8) is 0 Å². The van der Waals surface area contributed by atoms with E-state index in [0.717, 1.165) is 58.6 Å². The van der Waals surface area contributed by atoms with Gasteiger partial charge in [0.2, 0.25) is 0 Å². The molecule has 0 amide bonds. The Balaban J connectivity index is 1.56. The van der Waals surface area contributed by atoms with Gasteiger partial charge in [-0.15, -0.1) is 0 Å². The minimum absolute atomic E-state index is 0.0197. The second kappa shape index (κ2) is 6.00. The summed E-state index contributed by atoms with van der Waals surface area (Å²) in [5.74, 6) is 0.0676. The second-order valence-corrected chi connectivity index (χ2v) is 6.08. The Bertz CT molecular complexity index is 340. The molecule has 5 heteroatoms. The van der Waals surface area contributed by atoms with E-state index in [4.69, 9.17) is 14.2 Å². The highest BCUT2D eigenvalue weighted by Crippen LogP contribution is 2.38. The molecule has 114 valence electrons. The average molecular weight is 283 g/mol. The zero-order valence-electron chi connectivity index (χ0n) is 12.3. The van der Waals surface area contributed by atoms with Crippen LogP contribution in [0.15, 0.2) is 0 Å². The molecule has 0 aromatic heterocycles. The van der Waals surface area contributed by atoms with Gasteiger partial charge in [-0.2, -0.15) is 0 Å². The molecule has 0 radical (unpaired) electrons. The van der Waals surface area contributed by atoms with E-state index in [0.29, 0.717) is 12.6 Å². The van der Waals surface area contributed by atoms with Gasteiger partial charge in [-0.1, -0.05) is 0 Å². The molecule has 3 heterocycles. The SMILES string of the molecule is CCOC(=O)C1CCN(C2CCOC23CCOC3)CC1. The van der Waals surface area contributed by atoms with Crippen molar-refractivity contribution in [2.75, 3.05) is 39.5 Å². The average Bonchev–Trinajstić information content (AvgIpc) is 3.10. The van der Waals surface area contributed by atoms with Gasteiger partial charge in [0, 0.05) is 25.7 Å². The number of esters is 1. The topological polar surface area (TPSA) is 48.0 Å². The molecule has 3 saturated heterocycles. The predicted octanol–water partition coefficient (Wildman–Crippen LogP) is 1.21. The maximum absolute atomic E-state index is 11.8. The summed E-state index contributed by atoms with van der Waals surface area (Å²) in [5, 5.41) is 0. The maximum Gasteiger partial charge on any atom is 0.309 e. The van der Waals surface area contributed by atoms with E-state index in [9.17, 15) is 4.79 Å². The molecule has 0 N–H and O–H groups in total. The van der Waals surface area contributed by atoms with Crippen molar-refractivity contribution >= 4 is 5.97 Å². The monoisotopic (exact) mass is 283 g/mol. The fourth-order valence-corrected chi connectivity index (χ4v) is 3.89. The van der Waals surface area contributed by atoms with Gasteiger partial charge in [-0.3, -0.25) is 9.69 Å². The first-order chi connectivity index (χ1) is 9.75. The standard InChI is InChI=1S/C15H25NO4/c1-2-19-14(17)12-3-7-16(8-4-12)13-5-9-20-15(13)6-10-18-11-15/h12-13H,2-11H2,1H3. The maximum atomic E-state index is 11.8. The first kappa shape index (κ1) is 14.3. The molecular weight excluding hydrogens is 258 g/mol. The minimum Gasteiger partial charge on any atom is -0.466 e. The summed E-state index contributed by atoms with van der Waals surface area (Å²) in [7, 11) is 0. The van der Waals surface area contributed by atoms with Crippen molar-refractivity contribution in [2.45, 2.75) is 44.2 Å². The third kappa shape index (κ3) is 2.59. The molecule has 3 aliphatic heterocycles. The van der Waals surface area contributed by atoms with Gasteiger partial charge in [0.15, 0.2) is 0 Å². The Morgan fingerprint density at radius 3 is 2.75 bits per heavy atom. The third-order valence-corrected chi connectivity index (χ3v) is 4.99. The van der Waals surface area contributed by atoms with E-state index in [1.54, 1.807) is 0 Å². The van der Waals surface area contributed by atoms with Gasteiger partial charge in [-0.05, 0) is 39.3 Å². The van der Waals surface area contributed by atoms with Crippen LogP contribution < -0.4 is 0 Å². The summed E-state index contributed by atoms with van der Waals surface area (Å²) in [6, 6.07) is 0.466. The van der Waals surface area contributed by atoms with Crippen molar-refractivity contribution < 1.29 is 19.0 Å². The Kier molecular flexibility index (Phi) is 4.29. The zero-order valence-corrected chi connectivity index (χ0v) is 12.3. The molecule has 0 aromatic carbocycles. The van der Waals surface area contributed by atoms with Crippen molar-refractivity contribution in [1.82, 2.24) is 4.90 Å². The largest absolute Gasteiger partial charge is 0.466 e. The van der Waals surface area contributed by atoms with Gasteiger partial charge in [0.1, 0.15) is 5.60 Å². The summed E-state index contributed by atoms with van der Waals surface area (Å²) in [6.45, 7) is 6.68. The van der Waals surface area contributed by atoms with E-state index in [1.807, 2.05) is 6.92 Å². The lowest BCUT2D eigenvalue weighted by Crippen LogP contribution is -2.53. The summed E-state index contributed by atoms with van der Waals surface area (Å²) in [6.07, 6.45) is 3.92. The van der Waals surface area contributed by atoms with Gasteiger partial charge in [0.25, 0.3) is 0 Å². The molecule has 1 spiro atoms. The quantitative estimate of drug-likeness (QED) is 0.729. The molecule has 3 fully saturated rings. The predicted molar refractivity (Wildman–Crippen MR) is 73.5 cm³/mol. The van der Waals surface area contributed by atoms with Crippen LogP contribution in [0.2, 0.25) is 0 Å². The Morgan fingerprint density at radius 2 is 2.10 bits per heavy atom. The lowest BCUT2D eigenvalue weighted by atomic mass is 9.88. The smallest absolute Gasteiger partial charge is 0.309 e. The lowest BCUT2D eigenvalue weighted by molar-refractivity contribution is -0.150. The van der Waals surface area contributed by atoms with Crippen molar-refractivity contribution in [3.05, 3.63) is 0 Å². The van der Waals surface area contributed by atoms with Crippen LogP contribution in [0.5, 0.6) is 0 Å². The summed E-state index contributed by atoms with van der Waals surface area (Å²) in [5.41, 5.74) is -0.0727. The van der Waals surface area contributed by atoms with Crippen molar-refractivity contribution in [2.24, 2.45) is 5.92 Å². The number of hydrogen-bond donors (Lipinski definition) is 0. The molecule has 0 bridgehead atoms. The number of carbonyl (C=O) groups excluding carboxylic acids is 1. The molecule has 5 nitrogen and oxygen atoms in total. The molecule has 2 unspecified atom stereocenters. The number of piperidine rings is 1. The van der Waals surface area contributed by atoms with E-state index in [-0.39, 0.29) is 17.5 Å². The molecule has 3 rings (SSSR count). The van der Waals surface area contributed by atoms with Crippen molar-refractivity contribution in [1.29, 1.82) is 0 Å². The number of hydrogen-bond acceptors (Lipinski definition) is 5. The van der Waals surface area contributed by atoms with Crippen LogP contribution in [0, 0.1) is 5.92 Å². The van der Waals surface area contributed by atoms with Gasteiger partial charge < -0.3 is 14.2 Å². The Morgan fingerprint density at radius 1 is 1.30 bits per heavy atom. The number of rotatable bonds is 3. The first-order valence-corrected chi connectivity index (χ1v) is 7.87. The fraction of sp³-hybridized carbons (Fsp3) is 0.933. The number of carbonyl (C=O) groups is 1. The molecule has 0 saturated carbocycles. The normalized spacial score (nSPS) is 35.8. The highest BCUT2D eigenvalue weighted by atomic mass is 16.6. The molecule has 0 aromatic rings. The summed E-state index contributed by atoms with van der Waals surface area (Å²) in [4.78, 5) is 14.3. The number of nitrogens with zero attached hydrogens (tertiary/aromatic N) is 1. The number of ether oxygens (including phenoxy) is 3. The first-order valence-electron chi connectivity index (χ1n) is 7.87. The van der Waals surface area contributed by atoms with Crippen molar-refractivity contribution in [3.8, 4) is 0 Å². The van der Waals surface area contributed by atoms with E-state index < -0.39 is 0 Å². The van der Waals surface area contributed by atoms with Crippen LogP contribution >= 0.6 is 0 Å². The molecular formula is C15H25NO4. The highest BCUT2D eigenvalue weighted by Gasteiger charge is 2.50. The Hall–Kier alpha value is -0.650. The molecule has 2 atom stereocenters. The van der Waals surface area contributed by atoms with Gasteiger partial charge >= 0.3 is 5.97 Å². The van der Waals surface area contributed by atoms with Crippen LogP contribution in [0.1, 0.15) is 32.6 Å². The highest BCUT2D eigenvalue weighted by molar-refractivity contribution is 5.72. The summed E-state index contributed by atoms with van der Waals surface area (Å²) < 4.78 is 16.7. The van der Waals surface area contributed by atoms with E-state index in [2.05, 4.69) is 4.90 Å². The second-order valence-electron chi connectivity index (χ2n) is 6.08. The van der Waals surface area contributed by atoms with Crippen LogP contribution in [0.25, 0.3) is 0 Å². The molecule has 0 aliphatic carbocycles. The molecule has 3 aliphatic rings. The van der Waals surface area contributed by atoms with E-state index >= 15 is 0 Å². The van der Waals surface area contributed by atoms with Gasteiger partial charge in [0.05, 0.1) is 19.1 Å². The summed E-state index contributed by atoms with van der Waals surface area (Å²) >= 11 is 0. The lowest BCUT2D eigenvalue weighted by Gasteiger charge is -2.40. The van der Waals surface area contributed by atoms with Gasteiger partial charge in [-0.25, -0.2) is 0 Å². The zero-order chi connectivity index (χ0) is 14.0. The van der Waals surface area contributed by atoms with E-state index in [1.165, 1.54) is 0 Å². The van der Waals surface area contributed by atoms with Crippen LogP contribution in [-0.4, -0.2) is 62.0 Å². The van der Waals surface area contributed by atoms with Crippen LogP contribution in [0.4, 0.5) is 0 Å². The fourth-order valence-electron chi connectivity index (χ4n) is 3.89. The number of likely N-dealkylation sites (tertiary alicyclic amines) is 1. The van der Waals surface area contributed by atoms with Crippen LogP contribution in [-0.2, 0) is 19.0 Å².